The zero-order valence-corrected chi connectivity index (χ0v) is 13.9. The van der Waals surface area contributed by atoms with Crippen LogP contribution in [0.1, 0.15) is 27.3 Å². The van der Waals surface area contributed by atoms with Crippen molar-refractivity contribution in [2.75, 3.05) is 32.1 Å². The van der Waals surface area contributed by atoms with Crippen LogP contribution in [0.25, 0.3) is 0 Å². The number of rotatable bonds is 4. The number of likely N-dealkylation sites (N-methyl/N-ethyl adjacent to an activating group) is 1. The van der Waals surface area contributed by atoms with Crippen LogP contribution >= 0.6 is 0 Å². The molecule has 2 aromatic rings. The Morgan fingerprint density at radius 1 is 1.12 bits per heavy atom. The third-order valence-electron chi connectivity index (χ3n) is 4.43. The van der Waals surface area contributed by atoms with E-state index in [-0.39, 0.29) is 23.6 Å². The molecule has 2 amide bonds. The Bertz CT molecular complexity index is 721. The summed E-state index contributed by atoms with van der Waals surface area (Å²) in [6.07, 6.45) is 2.39. The van der Waals surface area contributed by atoms with Gasteiger partial charge in [-0.05, 0) is 37.2 Å². The van der Waals surface area contributed by atoms with Crippen LogP contribution in [0.2, 0.25) is 0 Å². The molecule has 2 heterocycles. The predicted molar refractivity (Wildman–Crippen MR) is 91.3 cm³/mol. The maximum Gasteiger partial charge on any atom is 0.293 e. The number of furan rings is 1. The highest BCUT2D eigenvalue weighted by Gasteiger charge is 2.27. The van der Waals surface area contributed by atoms with Crippen molar-refractivity contribution in [1.29, 1.82) is 0 Å². The van der Waals surface area contributed by atoms with E-state index in [9.17, 15) is 9.59 Å². The van der Waals surface area contributed by atoms with Gasteiger partial charge < -0.3 is 19.5 Å². The molecule has 1 aliphatic rings. The van der Waals surface area contributed by atoms with Crippen molar-refractivity contribution in [2.45, 2.75) is 12.5 Å². The molecule has 1 fully saturated rings. The van der Waals surface area contributed by atoms with Gasteiger partial charge in [0.15, 0.2) is 5.76 Å². The van der Waals surface area contributed by atoms with Crippen LogP contribution in [0.4, 0.5) is 5.69 Å². The lowest BCUT2D eigenvalue weighted by Crippen LogP contribution is -2.39. The summed E-state index contributed by atoms with van der Waals surface area (Å²) in [6, 6.07) is 10.6. The molecule has 1 N–H and O–H groups in total. The standard InChI is InChI=1S/C18H21N3O3/c1-20(13-9-10-19-12-13)17(22)14-6-3-4-7-15(14)21(2)18(23)16-8-5-11-24-16/h3-8,11,13,19H,9-10,12H2,1-2H3. The number of benzene rings is 1. The van der Waals surface area contributed by atoms with Crippen molar-refractivity contribution in [3.8, 4) is 0 Å². The molecule has 1 saturated heterocycles. The van der Waals surface area contributed by atoms with E-state index in [0.717, 1.165) is 19.5 Å². The van der Waals surface area contributed by atoms with Gasteiger partial charge >= 0.3 is 0 Å². The van der Waals surface area contributed by atoms with E-state index in [1.807, 2.05) is 19.2 Å². The zero-order valence-electron chi connectivity index (χ0n) is 13.9. The molecular formula is C18H21N3O3. The highest BCUT2D eigenvalue weighted by atomic mass is 16.3. The van der Waals surface area contributed by atoms with Crippen LogP contribution < -0.4 is 10.2 Å². The van der Waals surface area contributed by atoms with Gasteiger partial charge in [-0.1, -0.05) is 12.1 Å². The number of para-hydroxylation sites is 1. The molecule has 0 radical (unpaired) electrons. The summed E-state index contributed by atoms with van der Waals surface area (Å²) in [5.41, 5.74) is 1.08. The summed E-state index contributed by atoms with van der Waals surface area (Å²) in [5.74, 6) is -0.128. The number of carbonyl (C=O) groups excluding carboxylic acids is 2. The first kappa shape index (κ1) is 16.3. The maximum absolute atomic E-state index is 12.9. The Morgan fingerprint density at radius 2 is 1.92 bits per heavy atom. The molecule has 126 valence electrons. The Hall–Kier alpha value is -2.60. The second-order valence-corrected chi connectivity index (χ2v) is 5.92. The third-order valence-corrected chi connectivity index (χ3v) is 4.43. The van der Waals surface area contributed by atoms with Gasteiger partial charge in [-0.25, -0.2) is 0 Å². The quantitative estimate of drug-likeness (QED) is 0.933. The van der Waals surface area contributed by atoms with Crippen molar-refractivity contribution in [1.82, 2.24) is 10.2 Å². The molecule has 1 aromatic carbocycles. The Balaban J connectivity index is 1.87. The van der Waals surface area contributed by atoms with Crippen LogP contribution in [0.15, 0.2) is 47.1 Å². The van der Waals surface area contributed by atoms with E-state index < -0.39 is 0 Å². The molecule has 3 rings (SSSR count). The lowest BCUT2D eigenvalue weighted by Gasteiger charge is -2.26. The molecule has 1 unspecified atom stereocenters. The lowest BCUT2D eigenvalue weighted by atomic mass is 10.1. The highest BCUT2D eigenvalue weighted by Crippen LogP contribution is 2.23. The minimum absolute atomic E-state index is 0.0848. The number of hydrogen-bond donors (Lipinski definition) is 1. The second-order valence-electron chi connectivity index (χ2n) is 5.92. The molecule has 24 heavy (non-hydrogen) atoms. The summed E-state index contributed by atoms with van der Waals surface area (Å²) in [4.78, 5) is 28.6. The monoisotopic (exact) mass is 327 g/mol. The van der Waals surface area contributed by atoms with Crippen LogP contribution in [-0.4, -0.2) is 49.9 Å². The van der Waals surface area contributed by atoms with Gasteiger partial charge in [0, 0.05) is 26.7 Å². The summed E-state index contributed by atoms with van der Waals surface area (Å²) >= 11 is 0. The fourth-order valence-corrected chi connectivity index (χ4v) is 2.95. The van der Waals surface area contributed by atoms with E-state index in [0.29, 0.717) is 11.3 Å². The van der Waals surface area contributed by atoms with Gasteiger partial charge in [0.2, 0.25) is 0 Å². The summed E-state index contributed by atoms with van der Waals surface area (Å²) in [5, 5.41) is 3.26. The SMILES string of the molecule is CN(C(=O)c1ccco1)c1ccccc1C(=O)N(C)C1CCNC1. The fraction of sp³-hybridized carbons (Fsp3) is 0.333. The number of anilines is 1. The first-order valence-corrected chi connectivity index (χ1v) is 7.98. The van der Waals surface area contributed by atoms with Crippen molar-refractivity contribution < 1.29 is 14.0 Å². The Labute approximate surface area is 141 Å². The van der Waals surface area contributed by atoms with E-state index in [1.165, 1.54) is 11.2 Å². The van der Waals surface area contributed by atoms with E-state index in [1.54, 1.807) is 36.2 Å². The fourth-order valence-electron chi connectivity index (χ4n) is 2.95. The average molecular weight is 327 g/mol. The first-order valence-electron chi connectivity index (χ1n) is 7.98. The Kier molecular flexibility index (Phi) is 4.66. The minimum atomic E-state index is -0.287. The molecule has 1 aromatic heterocycles. The van der Waals surface area contributed by atoms with Gasteiger partial charge in [-0.3, -0.25) is 9.59 Å². The summed E-state index contributed by atoms with van der Waals surface area (Å²) < 4.78 is 5.17. The number of nitrogens with zero attached hydrogens (tertiary/aromatic N) is 2. The molecule has 6 heteroatoms. The molecule has 1 aliphatic heterocycles. The normalized spacial score (nSPS) is 16.8. The van der Waals surface area contributed by atoms with Crippen LogP contribution in [0.5, 0.6) is 0 Å². The molecule has 0 spiro atoms. The lowest BCUT2D eigenvalue weighted by molar-refractivity contribution is 0.0744. The van der Waals surface area contributed by atoms with Gasteiger partial charge in [0.1, 0.15) is 0 Å². The van der Waals surface area contributed by atoms with Crippen molar-refractivity contribution >= 4 is 17.5 Å². The smallest absolute Gasteiger partial charge is 0.293 e. The summed E-state index contributed by atoms with van der Waals surface area (Å²) in [6.45, 7) is 1.71. The van der Waals surface area contributed by atoms with Gasteiger partial charge in [0.25, 0.3) is 11.8 Å². The van der Waals surface area contributed by atoms with Crippen LogP contribution in [0, 0.1) is 0 Å². The molecule has 1 atom stereocenters. The summed E-state index contributed by atoms with van der Waals surface area (Å²) in [7, 11) is 3.46. The van der Waals surface area contributed by atoms with E-state index in [2.05, 4.69) is 5.32 Å². The topological polar surface area (TPSA) is 65.8 Å². The van der Waals surface area contributed by atoms with Crippen molar-refractivity contribution in [2.24, 2.45) is 0 Å². The average Bonchev–Trinajstić information content (AvgIpc) is 3.32. The van der Waals surface area contributed by atoms with Crippen molar-refractivity contribution in [3.63, 3.8) is 0 Å². The largest absolute Gasteiger partial charge is 0.459 e. The number of amides is 2. The number of nitrogens with one attached hydrogen (secondary N) is 1. The van der Waals surface area contributed by atoms with Crippen molar-refractivity contribution in [3.05, 3.63) is 54.0 Å². The van der Waals surface area contributed by atoms with E-state index in [4.69, 9.17) is 4.42 Å². The highest BCUT2D eigenvalue weighted by molar-refractivity contribution is 6.09. The van der Waals surface area contributed by atoms with Crippen LogP contribution in [0.3, 0.4) is 0 Å². The minimum Gasteiger partial charge on any atom is -0.459 e. The second kappa shape index (κ2) is 6.88. The third kappa shape index (κ3) is 3.05. The van der Waals surface area contributed by atoms with Gasteiger partial charge in [0.05, 0.1) is 17.5 Å². The molecule has 0 bridgehead atoms. The van der Waals surface area contributed by atoms with E-state index >= 15 is 0 Å². The molecule has 0 aliphatic carbocycles. The Morgan fingerprint density at radius 3 is 2.58 bits per heavy atom. The molecule has 6 nitrogen and oxygen atoms in total. The van der Waals surface area contributed by atoms with Gasteiger partial charge in [-0.2, -0.15) is 0 Å². The molecular weight excluding hydrogens is 306 g/mol. The number of carbonyl (C=O) groups is 2. The zero-order chi connectivity index (χ0) is 17.1. The predicted octanol–water partition coefficient (Wildman–Crippen LogP) is 1.99. The number of hydrogen-bond acceptors (Lipinski definition) is 4. The van der Waals surface area contributed by atoms with Crippen LogP contribution in [-0.2, 0) is 0 Å². The van der Waals surface area contributed by atoms with Gasteiger partial charge in [-0.15, -0.1) is 0 Å². The molecule has 0 saturated carbocycles. The maximum atomic E-state index is 12.9. The first-order chi connectivity index (χ1) is 11.6.